The number of aromatic nitrogens is 1. The van der Waals surface area contributed by atoms with Crippen molar-refractivity contribution in [2.75, 3.05) is 10.0 Å². The monoisotopic (exact) mass is 423 g/mol. The first-order valence-electron chi connectivity index (χ1n) is 8.76. The molecule has 29 heavy (non-hydrogen) atoms. The maximum atomic E-state index is 12.7. The molecular weight excluding hydrogens is 406 g/mol. The Bertz CT molecular complexity index is 1300. The Morgan fingerprint density at radius 3 is 2.41 bits per heavy atom. The van der Waals surface area contributed by atoms with Crippen LogP contribution in [0.2, 0.25) is 0 Å². The summed E-state index contributed by atoms with van der Waals surface area (Å²) in [5.74, 6) is -0.177. The van der Waals surface area contributed by atoms with Crippen molar-refractivity contribution in [3.8, 4) is 11.3 Å². The van der Waals surface area contributed by atoms with Crippen LogP contribution in [0.5, 0.6) is 0 Å². The number of nitrogens with one attached hydrogen (secondary N) is 2. The number of benzene rings is 3. The molecule has 1 amide bonds. The van der Waals surface area contributed by atoms with Gasteiger partial charge in [-0.25, -0.2) is 13.4 Å². The molecule has 0 radical (unpaired) electrons. The van der Waals surface area contributed by atoms with Crippen LogP contribution in [-0.2, 0) is 14.8 Å². The summed E-state index contributed by atoms with van der Waals surface area (Å²) in [5, 5.41) is 6.85. The molecule has 0 unspecified atom stereocenters. The number of hydrogen-bond acceptors (Lipinski definition) is 5. The Hall–Kier alpha value is -3.23. The van der Waals surface area contributed by atoms with E-state index in [4.69, 9.17) is 0 Å². The minimum Gasteiger partial charge on any atom is -0.302 e. The highest BCUT2D eigenvalue weighted by atomic mass is 32.2. The number of anilines is 2. The van der Waals surface area contributed by atoms with Crippen molar-refractivity contribution in [2.45, 2.75) is 11.8 Å². The number of rotatable bonds is 5. The fraction of sp³-hybridized carbons (Fsp3) is 0.0476. The molecule has 6 nitrogen and oxygen atoms in total. The van der Waals surface area contributed by atoms with E-state index in [1.54, 1.807) is 42.5 Å². The highest BCUT2D eigenvalue weighted by Crippen LogP contribution is 2.27. The first-order chi connectivity index (χ1) is 13.9. The van der Waals surface area contributed by atoms with Crippen molar-refractivity contribution >= 4 is 48.9 Å². The Morgan fingerprint density at radius 2 is 1.69 bits per heavy atom. The first-order valence-corrected chi connectivity index (χ1v) is 11.1. The van der Waals surface area contributed by atoms with Crippen molar-refractivity contribution in [3.05, 3.63) is 72.1 Å². The quantitative estimate of drug-likeness (QED) is 0.486. The van der Waals surface area contributed by atoms with Crippen LogP contribution in [0.3, 0.4) is 0 Å². The molecule has 0 saturated heterocycles. The van der Waals surface area contributed by atoms with Crippen LogP contribution in [0.1, 0.15) is 6.92 Å². The SMILES string of the molecule is CC(=O)Nc1nc(-c2ccc(NS(=O)(=O)c3ccc4ccccc4c3)cc2)cs1. The summed E-state index contributed by atoms with van der Waals surface area (Å²) in [7, 11) is -3.70. The highest BCUT2D eigenvalue weighted by molar-refractivity contribution is 7.92. The molecule has 0 bridgehead atoms. The van der Waals surface area contributed by atoms with Gasteiger partial charge >= 0.3 is 0 Å². The lowest BCUT2D eigenvalue weighted by Crippen LogP contribution is -2.12. The van der Waals surface area contributed by atoms with Gasteiger partial charge in [-0.05, 0) is 35.0 Å². The minimum absolute atomic E-state index is 0.177. The third kappa shape index (κ3) is 4.28. The number of sulfonamides is 1. The molecule has 0 aliphatic heterocycles. The van der Waals surface area contributed by atoms with Gasteiger partial charge in [0.2, 0.25) is 5.91 Å². The molecule has 146 valence electrons. The normalized spacial score (nSPS) is 11.3. The number of carbonyl (C=O) groups excluding carboxylic acids is 1. The summed E-state index contributed by atoms with van der Waals surface area (Å²) in [6, 6.07) is 19.6. The van der Waals surface area contributed by atoms with Crippen LogP contribution in [-0.4, -0.2) is 19.3 Å². The smallest absolute Gasteiger partial charge is 0.261 e. The Balaban J connectivity index is 1.54. The van der Waals surface area contributed by atoms with Crippen LogP contribution in [0.25, 0.3) is 22.0 Å². The van der Waals surface area contributed by atoms with Crippen LogP contribution in [0, 0.1) is 0 Å². The molecule has 8 heteroatoms. The molecule has 1 heterocycles. The number of thiazole rings is 1. The second-order valence-corrected chi connectivity index (χ2v) is 8.95. The molecule has 4 rings (SSSR count). The molecule has 0 fully saturated rings. The topological polar surface area (TPSA) is 88.2 Å². The van der Waals surface area contributed by atoms with Gasteiger partial charge in [0, 0.05) is 23.6 Å². The third-order valence-electron chi connectivity index (χ3n) is 4.25. The highest BCUT2D eigenvalue weighted by Gasteiger charge is 2.15. The molecule has 0 atom stereocenters. The predicted octanol–water partition coefficient (Wildman–Crippen LogP) is 4.72. The number of fused-ring (bicyclic) bond motifs is 1. The van der Waals surface area contributed by atoms with Gasteiger partial charge in [-0.15, -0.1) is 11.3 Å². The first kappa shape index (κ1) is 19.1. The van der Waals surface area contributed by atoms with E-state index in [2.05, 4.69) is 15.0 Å². The number of amides is 1. The summed E-state index contributed by atoms with van der Waals surface area (Å²) in [6.07, 6.45) is 0. The van der Waals surface area contributed by atoms with E-state index in [1.165, 1.54) is 18.3 Å². The van der Waals surface area contributed by atoms with E-state index in [-0.39, 0.29) is 10.8 Å². The molecule has 3 aromatic carbocycles. The zero-order valence-corrected chi connectivity index (χ0v) is 17.0. The van der Waals surface area contributed by atoms with E-state index in [0.717, 1.165) is 16.3 Å². The van der Waals surface area contributed by atoms with E-state index in [1.807, 2.05) is 29.6 Å². The molecule has 1 aromatic heterocycles. The predicted molar refractivity (Wildman–Crippen MR) is 117 cm³/mol. The van der Waals surface area contributed by atoms with Crippen molar-refractivity contribution < 1.29 is 13.2 Å². The molecule has 0 aliphatic carbocycles. The maximum absolute atomic E-state index is 12.7. The van der Waals surface area contributed by atoms with Gasteiger partial charge in [-0.1, -0.05) is 42.5 Å². The second kappa shape index (κ2) is 7.65. The molecule has 4 aromatic rings. The summed E-state index contributed by atoms with van der Waals surface area (Å²) in [4.78, 5) is 15.7. The lowest BCUT2D eigenvalue weighted by molar-refractivity contribution is -0.114. The van der Waals surface area contributed by atoms with Crippen LogP contribution in [0.15, 0.2) is 77.0 Å². The number of carbonyl (C=O) groups is 1. The summed E-state index contributed by atoms with van der Waals surface area (Å²) in [5.41, 5.74) is 1.99. The second-order valence-electron chi connectivity index (χ2n) is 6.41. The Morgan fingerprint density at radius 1 is 0.966 bits per heavy atom. The van der Waals surface area contributed by atoms with E-state index in [0.29, 0.717) is 16.5 Å². The number of hydrogen-bond donors (Lipinski definition) is 2. The third-order valence-corrected chi connectivity index (χ3v) is 6.39. The van der Waals surface area contributed by atoms with Gasteiger partial charge in [0.25, 0.3) is 10.0 Å². The van der Waals surface area contributed by atoms with Gasteiger partial charge < -0.3 is 5.32 Å². The molecule has 0 aliphatic rings. The van der Waals surface area contributed by atoms with Crippen molar-refractivity contribution in [1.82, 2.24) is 4.98 Å². The largest absolute Gasteiger partial charge is 0.302 e. The molecule has 0 spiro atoms. The maximum Gasteiger partial charge on any atom is 0.261 e. The zero-order chi connectivity index (χ0) is 20.4. The van der Waals surface area contributed by atoms with Crippen molar-refractivity contribution in [1.29, 1.82) is 0 Å². The van der Waals surface area contributed by atoms with E-state index in [9.17, 15) is 13.2 Å². The Kier molecular flexibility index (Phi) is 5.04. The number of nitrogens with zero attached hydrogens (tertiary/aromatic N) is 1. The minimum atomic E-state index is -3.70. The van der Waals surface area contributed by atoms with Gasteiger partial charge in [-0.2, -0.15) is 0 Å². The molecule has 2 N–H and O–H groups in total. The van der Waals surface area contributed by atoms with Gasteiger partial charge in [0.05, 0.1) is 10.6 Å². The van der Waals surface area contributed by atoms with E-state index < -0.39 is 10.0 Å². The fourth-order valence-electron chi connectivity index (χ4n) is 2.87. The summed E-state index contributed by atoms with van der Waals surface area (Å²) in [6.45, 7) is 1.43. The average molecular weight is 424 g/mol. The van der Waals surface area contributed by atoms with Crippen LogP contribution < -0.4 is 10.0 Å². The fourth-order valence-corrected chi connectivity index (χ4v) is 4.73. The average Bonchev–Trinajstić information content (AvgIpc) is 3.15. The van der Waals surface area contributed by atoms with Crippen molar-refractivity contribution in [3.63, 3.8) is 0 Å². The van der Waals surface area contributed by atoms with Crippen LogP contribution in [0.4, 0.5) is 10.8 Å². The summed E-state index contributed by atoms with van der Waals surface area (Å²) >= 11 is 1.33. The lowest BCUT2D eigenvalue weighted by atomic mass is 10.1. The zero-order valence-electron chi connectivity index (χ0n) is 15.4. The lowest BCUT2D eigenvalue weighted by Gasteiger charge is -2.09. The molecular formula is C21H17N3O3S2. The Labute approximate surface area is 172 Å². The summed E-state index contributed by atoms with van der Waals surface area (Å²) < 4.78 is 28.1. The van der Waals surface area contributed by atoms with E-state index >= 15 is 0 Å². The van der Waals surface area contributed by atoms with Gasteiger partial charge in [0.1, 0.15) is 0 Å². The van der Waals surface area contributed by atoms with Crippen LogP contribution >= 0.6 is 11.3 Å². The van der Waals surface area contributed by atoms with Gasteiger partial charge in [-0.3, -0.25) is 9.52 Å². The van der Waals surface area contributed by atoms with Gasteiger partial charge in [0.15, 0.2) is 5.13 Å². The standard InChI is InChI=1S/C21H17N3O3S2/c1-14(25)22-21-23-20(13-28-21)16-6-9-18(10-7-16)24-29(26,27)19-11-8-15-4-2-3-5-17(15)12-19/h2-13,24H,1H3,(H,22,23,25). The van der Waals surface area contributed by atoms with Crippen molar-refractivity contribution in [2.24, 2.45) is 0 Å². The molecule has 0 saturated carbocycles.